The smallest absolute Gasteiger partial charge is 0.274 e. The molecule has 6 nitrogen and oxygen atoms in total. The van der Waals surface area contributed by atoms with E-state index in [0.29, 0.717) is 30.4 Å². The molecular weight excluding hydrogens is 306 g/mol. The maximum absolute atomic E-state index is 12.0. The van der Waals surface area contributed by atoms with Crippen LogP contribution in [0.5, 0.6) is 0 Å². The Morgan fingerprint density at radius 2 is 2.05 bits per heavy atom. The summed E-state index contributed by atoms with van der Waals surface area (Å²) >= 11 is 0. The number of benzene rings is 1. The summed E-state index contributed by atoms with van der Waals surface area (Å²) in [5.41, 5.74) is 0.790. The highest BCUT2D eigenvalue weighted by molar-refractivity contribution is 7.86. The summed E-state index contributed by atoms with van der Waals surface area (Å²) < 4.78 is 32.5. The molecule has 1 aromatic rings. The quantitative estimate of drug-likeness (QED) is 0.357. The number of fused-ring (bicyclic) bond motifs is 1. The van der Waals surface area contributed by atoms with E-state index < -0.39 is 19.8 Å². The Morgan fingerprint density at radius 3 is 2.64 bits per heavy atom. The Hall–Kier alpha value is -1.47. The van der Waals surface area contributed by atoms with E-state index in [1.54, 1.807) is 6.07 Å². The van der Waals surface area contributed by atoms with Gasteiger partial charge in [0, 0.05) is 11.6 Å². The first-order chi connectivity index (χ1) is 10.3. The van der Waals surface area contributed by atoms with Gasteiger partial charge in [0.25, 0.3) is 15.8 Å². The van der Waals surface area contributed by atoms with Gasteiger partial charge in [0.2, 0.25) is 0 Å². The zero-order valence-electron chi connectivity index (χ0n) is 12.6. The first-order valence-electron chi connectivity index (χ1n) is 7.57. The molecule has 0 amide bonds. The zero-order chi connectivity index (χ0) is 16.4. The van der Waals surface area contributed by atoms with Crippen molar-refractivity contribution in [2.24, 2.45) is 0 Å². The normalized spacial score (nSPS) is 20.8. The van der Waals surface area contributed by atoms with Gasteiger partial charge in [0.05, 0.1) is 4.92 Å². The molecule has 1 aromatic carbocycles. The summed E-state index contributed by atoms with van der Waals surface area (Å²) in [6, 6.07) is 4.48. The van der Waals surface area contributed by atoms with Crippen LogP contribution < -0.4 is 0 Å². The average Bonchev–Trinajstić information content (AvgIpc) is 2.83. The molecule has 0 aliphatic heterocycles. The molecule has 1 aliphatic rings. The van der Waals surface area contributed by atoms with Gasteiger partial charge in [-0.15, -0.1) is 0 Å². The van der Waals surface area contributed by atoms with E-state index in [1.807, 2.05) is 0 Å². The number of nitro benzene ring substituents is 1. The molecule has 22 heavy (non-hydrogen) atoms. The van der Waals surface area contributed by atoms with Crippen molar-refractivity contribution in [1.82, 2.24) is 0 Å². The molecule has 1 unspecified atom stereocenters. The number of nitro groups is 1. The van der Waals surface area contributed by atoms with E-state index >= 15 is 0 Å². The van der Waals surface area contributed by atoms with Crippen molar-refractivity contribution in [2.45, 2.75) is 56.6 Å². The van der Waals surface area contributed by atoms with Crippen LogP contribution in [0, 0.1) is 10.1 Å². The molecule has 0 aromatic heterocycles. The van der Waals surface area contributed by atoms with Gasteiger partial charge >= 0.3 is 0 Å². The number of unbranched alkanes of at least 4 members (excludes halogenated alkanes) is 3. The summed E-state index contributed by atoms with van der Waals surface area (Å²) in [6.07, 6.45) is 4.41. The van der Waals surface area contributed by atoms with Crippen molar-refractivity contribution in [3.63, 3.8) is 0 Å². The lowest BCUT2D eigenvalue weighted by atomic mass is 9.93. The summed E-state index contributed by atoms with van der Waals surface area (Å²) in [4.78, 5) is 10.6. The van der Waals surface area contributed by atoms with Crippen molar-refractivity contribution in [1.29, 1.82) is 0 Å². The molecule has 2 rings (SSSR count). The first-order valence-corrected chi connectivity index (χ1v) is 9.01. The van der Waals surface area contributed by atoms with E-state index in [-0.39, 0.29) is 12.1 Å². The average molecular weight is 327 g/mol. The Bertz CT molecular complexity index is 671. The summed E-state index contributed by atoms with van der Waals surface area (Å²) in [6.45, 7) is 2.06. The molecular formula is C15H21NO5S. The van der Waals surface area contributed by atoms with Gasteiger partial charge in [-0.25, -0.2) is 0 Å². The molecule has 0 fully saturated rings. The Morgan fingerprint density at radius 1 is 1.32 bits per heavy atom. The molecule has 1 atom stereocenters. The lowest BCUT2D eigenvalue weighted by Crippen LogP contribution is -2.33. The van der Waals surface area contributed by atoms with Crippen LogP contribution in [0.3, 0.4) is 0 Å². The van der Waals surface area contributed by atoms with Gasteiger partial charge in [-0.05, 0) is 24.8 Å². The highest BCUT2D eigenvalue weighted by atomic mass is 32.2. The van der Waals surface area contributed by atoms with Gasteiger partial charge < -0.3 is 0 Å². The van der Waals surface area contributed by atoms with Crippen LogP contribution in [0.25, 0.3) is 0 Å². The number of nitrogens with zero attached hydrogens (tertiary/aromatic N) is 1. The molecule has 0 saturated heterocycles. The second-order valence-electron chi connectivity index (χ2n) is 5.84. The first kappa shape index (κ1) is 16.9. The van der Waals surface area contributed by atoms with Crippen molar-refractivity contribution in [2.75, 3.05) is 0 Å². The van der Waals surface area contributed by atoms with Gasteiger partial charge in [-0.2, -0.15) is 8.42 Å². The molecule has 7 heteroatoms. The minimum absolute atomic E-state index is 0.0587. The molecule has 0 saturated carbocycles. The van der Waals surface area contributed by atoms with Gasteiger partial charge in [0.15, 0.2) is 0 Å². The molecule has 122 valence electrons. The summed E-state index contributed by atoms with van der Waals surface area (Å²) in [7, 11) is -4.33. The van der Waals surface area contributed by atoms with Crippen LogP contribution in [0.2, 0.25) is 0 Å². The highest BCUT2D eigenvalue weighted by Gasteiger charge is 2.50. The van der Waals surface area contributed by atoms with Crippen molar-refractivity contribution >= 4 is 15.8 Å². The predicted molar refractivity (Wildman–Crippen MR) is 83.4 cm³/mol. The van der Waals surface area contributed by atoms with Crippen molar-refractivity contribution in [3.8, 4) is 0 Å². The lowest BCUT2D eigenvalue weighted by Gasteiger charge is -2.27. The summed E-state index contributed by atoms with van der Waals surface area (Å²) in [5.74, 6) is 0. The van der Waals surface area contributed by atoms with Crippen LogP contribution in [0.4, 0.5) is 5.69 Å². The van der Waals surface area contributed by atoms with E-state index in [2.05, 4.69) is 6.92 Å². The maximum Gasteiger partial charge on any atom is 0.274 e. The van der Waals surface area contributed by atoms with Crippen LogP contribution in [0.1, 0.15) is 56.6 Å². The molecule has 0 heterocycles. The number of hydrogen-bond acceptors (Lipinski definition) is 4. The monoisotopic (exact) mass is 327 g/mol. The van der Waals surface area contributed by atoms with Crippen LogP contribution in [-0.2, 0) is 21.3 Å². The minimum Gasteiger partial charge on any atom is -0.285 e. The third kappa shape index (κ3) is 2.87. The van der Waals surface area contributed by atoms with Gasteiger partial charge in [-0.3, -0.25) is 14.7 Å². The number of hydrogen-bond donors (Lipinski definition) is 1. The van der Waals surface area contributed by atoms with Crippen LogP contribution >= 0.6 is 0 Å². The Labute approximate surface area is 130 Å². The van der Waals surface area contributed by atoms with Crippen molar-refractivity contribution in [3.05, 3.63) is 39.4 Å². The minimum atomic E-state index is -4.33. The largest absolute Gasteiger partial charge is 0.285 e. The van der Waals surface area contributed by atoms with Crippen molar-refractivity contribution < 1.29 is 17.9 Å². The van der Waals surface area contributed by atoms with Crippen LogP contribution in [-0.4, -0.2) is 17.9 Å². The fourth-order valence-electron chi connectivity index (χ4n) is 3.39. The topological polar surface area (TPSA) is 97.5 Å². The second kappa shape index (κ2) is 6.34. The predicted octanol–water partition coefficient (Wildman–Crippen LogP) is 3.59. The van der Waals surface area contributed by atoms with E-state index in [0.717, 1.165) is 19.3 Å². The standard InChI is InChI=1S/C15H21NO5S/c1-2-3-4-5-10-15(22(19,20)21)11-9-12-13(15)7-6-8-14(12)16(17)18/h6-8H,2-5,9-11H2,1H3,(H,19,20,21). The maximum atomic E-state index is 12.0. The second-order valence-corrected chi connectivity index (χ2v) is 7.57. The Balaban J connectivity index is 2.44. The lowest BCUT2D eigenvalue weighted by molar-refractivity contribution is -0.385. The Kier molecular flexibility index (Phi) is 4.87. The van der Waals surface area contributed by atoms with E-state index in [9.17, 15) is 23.1 Å². The highest BCUT2D eigenvalue weighted by Crippen LogP contribution is 2.48. The third-order valence-electron chi connectivity index (χ3n) is 4.55. The molecule has 0 radical (unpaired) electrons. The van der Waals surface area contributed by atoms with Crippen LogP contribution in [0.15, 0.2) is 18.2 Å². The van der Waals surface area contributed by atoms with E-state index in [4.69, 9.17) is 0 Å². The molecule has 0 bridgehead atoms. The molecule has 1 N–H and O–H groups in total. The third-order valence-corrected chi connectivity index (χ3v) is 6.16. The van der Waals surface area contributed by atoms with Gasteiger partial charge in [-0.1, -0.05) is 44.7 Å². The zero-order valence-corrected chi connectivity index (χ0v) is 13.4. The fraction of sp³-hybridized carbons (Fsp3) is 0.600. The van der Waals surface area contributed by atoms with Gasteiger partial charge in [0.1, 0.15) is 4.75 Å². The summed E-state index contributed by atoms with van der Waals surface area (Å²) in [5, 5.41) is 11.1. The molecule has 1 aliphatic carbocycles. The molecule has 0 spiro atoms. The SMILES string of the molecule is CCCCCCC1(S(=O)(=O)O)CCc2c([N+](=O)[O-])cccc21. The fourth-order valence-corrected chi connectivity index (χ4v) is 4.62. The number of rotatable bonds is 7. The van der Waals surface area contributed by atoms with E-state index in [1.165, 1.54) is 12.1 Å².